The van der Waals surface area contributed by atoms with Crippen LogP contribution < -0.4 is 5.73 Å². The second kappa shape index (κ2) is 2.97. The summed E-state index contributed by atoms with van der Waals surface area (Å²) in [7, 11) is 0. The van der Waals surface area contributed by atoms with Crippen molar-refractivity contribution in [3.63, 3.8) is 0 Å². The Morgan fingerprint density at radius 1 is 1.38 bits per heavy atom. The summed E-state index contributed by atoms with van der Waals surface area (Å²) in [6.07, 6.45) is 2.33. The number of nitrogens with zero attached hydrogens (tertiary/aromatic N) is 3. The molecule has 0 spiro atoms. The fourth-order valence-electron chi connectivity index (χ4n) is 2.64. The van der Waals surface area contributed by atoms with E-state index in [1.165, 1.54) is 12.8 Å². The van der Waals surface area contributed by atoms with Gasteiger partial charge in [0.25, 0.3) is 0 Å². The van der Waals surface area contributed by atoms with E-state index in [-0.39, 0.29) is 0 Å². The average Bonchev–Trinajstić information content (AvgIpc) is 2.59. The van der Waals surface area contributed by atoms with Crippen molar-refractivity contribution in [2.75, 3.05) is 5.73 Å². The van der Waals surface area contributed by atoms with Gasteiger partial charge in [0.15, 0.2) is 0 Å². The molecule has 1 fully saturated rings. The zero-order valence-corrected chi connectivity index (χ0v) is 9.64. The highest BCUT2D eigenvalue weighted by molar-refractivity contribution is 5.86. The molecule has 4 heteroatoms. The Morgan fingerprint density at radius 2 is 2.12 bits per heavy atom. The molecule has 1 aromatic heterocycles. The van der Waals surface area contributed by atoms with Crippen LogP contribution in [0.1, 0.15) is 32.7 Å². The average molecular weight is 216 g/mol. The smallest absolute Gasteiger partial charge is 0.136 e. The van der Waals surface area contributed by atoms with Gasteiger partial charge in [0.05, 0.1) is 17.2 Å². The number of fused-ring (bicyclic) bond motifs is 1. The van der Waals surface area contributed by atoms with Gasteiger partial charge in [-0.3, -0.25) is 0 Å². The molecule has 1 heterocycles. The van der Waals surface area contributed by atoms with Crippen LogP contribution in [0.5, 0.6) is 0 Å². The second-order valence-electron chi connectivity index (χ2n) is 5.48. The third kappa shape index (κ3) is 1.29. The number of anilines is 1. The fraction of sp³-hybridized carbons (Fsp3) is 0.500. The zero-order valence-electron chi connectivity index (χ0n) is 9.64. The van der Waals surface area contributed by atoms with E-state index >= 15 is 0 Å². The van der Waals surface area contributed by atoms with Crippen molar-refractivity contribution in [2.24, 2.45) is 5.41 Å². The first-order valence-electron chi connectivity index (χ1n) is 5.66. The Labute approximate surface area is 94.4 Å². The summed E-state index contributed by atoms with van der Waals surface area (Å²) in [6, 6.07) is 6.35. The van der Waals surface area contributed by atoms with Gasteiger partial charge in [-0.1, -0.05) is 25.1 Å². The molecule has 16 heavy (non-hydrogen) atoms. The molecule has 0 bridgehead atoms. The number of benzene rings is 1. The molecule has 2 N–H and O–H groups in total. The van der Waals surface area contributed by atoms with E-state index in [9.17, 15) is 0 Å². The molecule has 1 aromatic carbocycles. The van der Waals surface area contributed by atoms with Gasteiger partial charge in [0, 0.05) is 0 Å². The fourth-order valence-corrected chi connectivity index (χ4v) is 2.64. The molecule has 0 saturated heterocycles. The highest BCUT2D eigenvalue weighted by Crippen LogP contribution is 2.48. The lowest BCUT2D eigenvalue weighted by atomic mass is 9.68. The minimum Gasteiger partial charge on any atom is -0.397 e. The second-order valence-corrected chi connectivity index (χ2v) is 5.48. The Kier molecular flexibility index (Phi) is 1.79. The third-order valence-corrected chi connectivity index (χ3v) is 3.46. The lowest BCUT2D eigenvalue weighted by molar-refractivity contribution is 0.0966. The largest absolute Gasteiger partial charge is 0.397 e. The quantitative estimate of drug-likeness (QED) is 0.744. The lowest BCUT2D eigenvalue weighted by Crippen LogP contribution is -2.34. The van der Waals surface area contributed by atoms with Crippen molar-refractivity contribution >= 4 is 16.7 Å². The first-order valence-corrected chi connectivity index (χ1v) is 5.66. The van der Waals surface area contributed by atoms with Gasteiger partial charge >= 0.3 is 0 Å². The van der Waals surface area contributed by atoms with Crippen molar-refractivity contribution in [1.29, 1.82) is 0 Å². The van der Waals surface area contributed by atoms with Gasteiger partial charge in [-0.05, 0) is 30.4 Å². The molecule has 2 aromatic rings. The van der Waals surface area contributed by atoms with Crippen LogP contribution in [0.25, 0.3) is 11.0 Å². The minimum absolute atomic E-state index is 0.448. The van der Waals surface area contributed by atoms with Crippen LogP contribution >= 0.6 is 0 Å². The Hall–Kier alpha value is -1.58. The van der Waals surface area contributed by atoms with Crippen molar-refractivity contribution < 1.29 is 0 Å². The Balaban J connectivity index is 2.03. The van der Waals surface area contributed by atoms with Gasteiger partial charge in [-0.25, -0.2) is 4.68 Å². The molecule has 0 aliphatic heterocycles. The molecule has 84 valence electrons. The van der Waals surface area contributed by atoms with Gasteiger partial charge in [0.2, 0.25) is 0 Å². The molecule has 4 nitrogen and oxygen atoms in total. The summed E-state index contributed by atoms with van der Waals surface area (Å²) in [4.78, 5) is 0. The van der Waals surface area contributed by atoms with E-state index in [0.29, 0.717) is 17.1 Å². The summed E-state index contributed by atoms with van der Waals surface area (Å²) >= 11 is 0. The van der Waals surface area contributed by atoms with Gasteiger partial charge < -0.3 is 5.73 Å². The van der Waals surface area contributed by atoms with Crippen molar-refractivity contribution in [2.45, 2.75) is 32.7 Å². The number of aromatic nitrogens is 3. The number of hydrogen-bond donors (Lipinski definition) is 1. The monoisotopic (exact) mass is 216 g/mol. The third-order valence-electron chi connectivity index (χ3n) is 3.46. The maximum Gasteiger partial charge on any atom is 0.136 e. The summed E-state index contributed by atoms with van der Waals surface area (Å²) in [5.74, 6) is 0. The first kappa shape index (κ1) is 9.63. The number of hydrogen-bond acceptors (Lipinski definition) is 3. The van der Waals surface area contributed by atoms with E-state index in [2.05, 4.69) is 24.2 Å². The zero-order chi connectivity index (χ0) is 11.3. The van der Waals surface area contributed by atoms with Crippen LogP contribution in [0.2, 0.25) is 0 Å². The van der Waals surface area contributed by atoms with Crippen LogP contribution in [0.3, 0.4) is 0 Å². The topological polar surface area (TPSA) is 56.7 Å². The van der Waals surface area contributed by atoms with E-state index in [4.69, 9.17) is 5.73 Å². The predicted octanol–water partition coefficient (Wildman–Crippen LogP) is 2.37. The molecule has 0 atom stereocenters. The van der Waals surface area contributed by atoms with Gasteiger partial charge in [-0.2, -0.15) is 0 Å². The summed E-state index contributed by atoms with van der Waals surface area (Å²) in [5, 5.41) is 8.39. The molecule has 1 saturated carbocycles. The number of nitrogens with two attached hydrogens (primary N) is 1. The molecule has 3 rings (SSSR count). The van der Waals surface area contributed by atoms with Gasteiger partial charge in [0.1, 0.15) is 5.52 Å². The molecule has 0 radical (unpaired) electrons. The maximum absolute atomic E-state index is 5.87. The molecular formula is C12H16N4. The van der Waals surface area contributed by atoms with Crippen molar-refractivity contribution in [3.05, 3.63) is 18.2 Å². The summed E-state index contributed by atoms with van der Waals surface area (Å²) in [5.41, 5.74) is 8.91. The number of nitrogen functional groups attached to an aromatic ring is 1. The van der Waals surface area contributed by atoms with E-state index < -0.39 is 0 Å². The SMILES string of the molecule is CC1(C)CC(n2nnc3c(N)cccc32)C1. The highest BCUT2D eigenvalue weighted by atomic mass is 15.4. The van der Waals surface area contributed by atoms with Crippen LogP contribution in [0.15, 0.2) is 18.2 Å². The van der Waals surface area contributed by atoms with Crippen LogP contribution in [-0.2, 0) is 0 Å². The normalized spacial score (nSPS) is 19.9. The van der Waals surface area contributed by atoms with E-state index in [0.717, 1.165) is 11.0 Å². The Morgan fingerprint density at radius 3 is 2.81 bits per heavy atom. The molecule has 0 unspecified atom stereocenters. The predicted molar refractivity (Wildman–Crippen MR) is 64.0 cm³/mol. The molecule has 0 amide bonds. The lowest BCUT2D eigenvalue weighted by Gasteiger charge is -2.42. The first-order chi connectivity index (χ1) is 7.57. The van der Waals surface area contributed by atoms with Crippen molar-refractivity contribution in [3.8, 4) is 0 Å². The van der Waals surface area contributed by atoms with Crippen molar-refractivity contribution in [1.82, 2.24) is 15.0 Å². The Bertz CT molecular complexity index is 533. The molecular weight excluding hydrogens is 200 g/mol. The van der Waals surface area contributed by atoms with Crippen LogP contribution in [-0.4, -0.2) is 15.0 Å². The van der Waals surface area contributed by atoms with Crippen LogP contribution in [0.4, 0.5) is 5.69 Å². The van der Waals surface area contributed by atoms with Crippen LogP contribution in [0, 0.1) is 5.41 Å². The summed E-state index contributed by atoms with van der Waals surface area (Å²) in [6.45, 7) is 4.58. The van der Waals surface area contributed by atoms with E-state index in [1.54, 1.807) is 0 Å². The molecule has 1 aliphatic carbocycles. The maximum atomic E-state index is 5.87. The highest BCUT2D eigenvalue weighted by Gasteiger charge is 2.38. The number of rotatable bonds is 1. The summed E-state index contributed by atoms with van der Waals surface area (Å²) < 4.78 is 2.02. The molecule has 1 aliphatic rings. The van der Waals surface area contributed by atoms with E-state index in [1.807, 2.05) is 22.9 Å². The standard InChI is InChI=1S/C12H16N4/c1-12(2)6-8(7-12)16-10-5-3-4-9(13)11(10)14-15-16/h3-5,8H,6-7,13H2,1-2H3. The minimum atomic E-state index is 0.448. The van der Waals surface area contributed by atoms with Gasteiger partial charge in [-0.15, -0.1) is 5.10 Å².